The van der Waals surface area contributed by atoms with Crippen LogP contribution in [0.1, 0.15) is 33.1 Å². The fourth-order valence-electron chi connectivity index (χ4n) is 2.24. The number of hydrogen-bond donors (Lipinski definition) is 0. The molecule has 1 saturated carbocycles. The van der Waals surface area contributed by atoms with Crippen molar-refractivity contribution in [2.75, 3.05) is 5.33 Å². The van der Waals surface area contributed by atoms with Crippen LogP contribution in [0.5, 0.6) is 0 Å². The molecule has 1 fully saturated rings. The number of alkyl halides is 1. The smallest absolute Gasteiger partial charge is 0.00625 e. The van der Waals surface area contributed by atoms with Crippen LogP contribution in [0.3, 0.4) is 0 Å². The summed E-state index contributed by atoms with van der Waals surface area (Å²) in [5.74, 6) is 3.08. The maximum Gasteiger partial charge on any atom is 0.00625 e. The Morgan fingerprint density at radius 1 is 1.20 bits per heavy atom. The Morgan fingerprint density at radius 3 is 2.30 bits per heavy atom. The average molecular weight is 205 g/mol. The number of rotatable bonds is 3. The first-order valence-electron chi connectivity index (χ1n) is 4.39. The molecule has 10 heavy (non-hydrogen) atoms. The molecule has 1 rings (SSSR count). The van der Waals surface area contributed by atoms with E-state index in [9.17, 15) is 0 Å². The van der Waals surface area contributed by atoms with Gasteiger partial charge in [-0.25, -0.2) is 0 Å². The van der Waals surface area contributed by atoms with Crippen molar-refractivity contribution < 1.29 is 0 Å². The van der Waals surface area contributed by atoms with Crippen molar-refractivity contribution in [1.29, 1.82) is 0 Å². The van der Waals surface area contributed by atoms with E-state index >= 15 is 0 Å². The molecule has 60 valence electrons. The molecule has 0 saturated heterocycles. The van der Waals surface area contributed by atoms with Gasteiger partial charge in [0.15, 0.2) is 0 Å². The van der Waals surface area contributed by atoms with E-state index in [0.717, 1.165) is 17.8 Å². The zero-order chi connectivity index (χ0) is 7.56. The minimum absolute atomic E-state index is 0.995. The van der Waals surface area contributed by atoms with Gasteiger partial charge in [-0.2, -0.15) is 0 Å². The topological polar surface area (TPSA) is 0 Å². The highest BCUT2D eigenvalue weighted by Crippen LogP contribution is 2.44. The van der Waals surface area contributed by atoms with Crippen LogP contribution in [-0.2, 0) is 0 Å². The SMILES string of the molecule is CCC1CC(CBr)C1CC. The normalized spacial score (nSPS) is 39.3. The molecule has 0 aliphatic heterocycles. The monoisotopic (exact) mass is 204 g/mol. The molecule has 0 spiro atoms. The maximum atomic E-state index is 3.56. The third-order valence-electron chi connectivity index (χ3n) is 3.01. The van der Waals surface area contributed by atoms with Gasteiger partial charge < -0.3 is 0 Å². The summed E-state index contributed by atoms with van der Waals surface area (Å²) >= 11 is 3.56. The Kier molecular flexibility index (Phi) is 3.22. The van der Waals surface area contributed by atoms with E-state index in [1.165, 1.54) is 24.6 Å². The Bertz CT molecular complexity index is 90.9. The standard InChI is InChI=1S/C9H17Br/c1-3-7-5-8(6-10)9(7)4-2/h7-9H,3-6H2,1-2H3. The van der Waals surface area contributed by atoms with Crippen molar-refractivity contribution in [2.45, 2.75) is 33.1 Å². The van der Waals surface area contributed by atoms with Crippen molar-refractivity contribution in [3.63, 3.8) is 0 Å². The summed E-state index contributed by atoms with van der Waals surface area (Å²) in [4.78, 5) is 0. The van der Waals surface area contributed by atoms with E-state index in [-0.39, 0.29) is 0 Å². The first-order valence-corrected chi connectivity index (χ1v) is 5.51. The van der Waals surface area contributed by atoms with Crippen LogP contribution in [0.4, 0.5) is 0 Å². The van der Waals surface area contributed by atoms with Crippen molar-refractivity contribution in [1.82, 2.24) is 0 Å². The Hall–Kier alpha value is 0.480. The number of halogens is 1. The van der Waals surface area contributed by atoms with Gasteiger partial charge in [0.25, 0.3) is 0 Å². The van der Waals surface area contributed by atoms with Crippen molar-refractivity contribution in [2.24, 2.45) is 17.8 Å². The van der Waals surface area contributed by atoms with Gasteiger partial charge in [-0.15, -0.1) is 0 Å². The minimum Gasteiger partial charge on any atom is -0.0925 e. The van der Waals surface area contributed by atoms with Crippen LogP contribution in [0.25, 0.3) is 0 Å². The molecule has 0 nitrogen and oxygen atoms in total. The van der Waals surface area contributed by atoms with E-state index in [1.54, 1.807) is 0 Å². The van der Waals surface area contributed by atoms with Gasteiger partial charge in [0.05, 0.1) is 0 Å². The predicted molar refractivity (Wildman–Crippen MR) is 49.5 cm³/mol. The molecule has 1 aliphatic carbocycles. The quantitative estimate of drug-likeness (QED) is 0.619. The van der Waals surface area contributed by atoms with Gasteiger partial charge in [0, 0.05) is 5.33 Å². The highest BCUT2D eigenvalue weighted by molar-refractivity contribution is 9.09. The maximum absolute atomic E-state index is 3.56. The molecule has 0 N–H and O–H groups in total. The fourth-order valence-corrected chi connectivity index (χ4v) is 2.99. The van der Waals surface area contributed by atoms with Crippen LogP contribution in [-0.4, -0.2) is 5.33 Å². The van der Waals surface area contributed by atoms with Crippen molar-refractivity contribution in [3.05, 3.63) is 0 Å². The lowest BCUT2D eigenvalue weighted by Crippen LogP contribution is -2.36. The summed E-state index contributed by atoms with van der Waals surface area (Å²) in [6.45, 7) is 4.64. The van der Waals surface area contributed by atoms with Crippen molar-refractivity contribution in [3.8, 4) is 0 Å². The molecule has 3 atom stereocenters. The molecule has 0 amide bonds. The van der Waals surface area contributed by atoms with Gasteiger partial charge in [0.1, 0.15) is 0 Å². The highest BCUT2D eigenvalue weighted by Gasteiger charge is 2.36. The first-order chi connectivity index (χ1) is 4.83. The molecule has 0 aromatic heterocycles. The molecular weight excluding hydrogens is 188 g/mol. The van der Waals surface area contributed by atoms with Crippen molar-refractivity contribution >= 4 is 15.9 Å². The van der Waals surface area contributed by atoms with Gasteiger partial charge in [-0.1, -0.05) is 42.6 Å². The van der Waals surface area contributed by atoms with E-state index in [1.807, 2.05) is 0 Å². The molecule has 0 bridgehead atoms. The molecule has 0 aromatic rings. The van der Waals surface area contributed by atoms with Crippen LogP contribution in [0.15, 0.2) is 0 Å². The molecule has 0 heterocycles. The fraction of sp³-hybridized carbons (Fsp3) is 1.00. The molecule has 3 unspecified atom stereocenters. The summed E-state index contributed by atoms with van der Waals surface area (Å²) in [5.41, 5.74) is 0. The second-order valence-electron chi connectivity index (χ2n) is 3.39. The second kappa shape index (κ2) is 3.75. The second-order valence-corrected chi connectivity index (χ2v) is 4.04. The van der Waals surface area contributed by atoms with Crippen LogP contribution in [0.2, 0.25) is 0 Å². The van der Waals surface area contributed by atoms with Crippen LogP contribution in [0, 0.1) is 17.8 Å². The summed E-state index contributed by atoms with van der Waals surface area (Å²) in [7, 11) is 0. The van der Waals surface area contributed by atoms with Gasteiger partial charge in [-0.05, 0) is 24.2 Å². The Balaban J connectivity index is 2.30. The lowest BCUT2D eigenvalue weighted by Gasteiger charge is -2.43. The Labute approximate surface area is 72.5 Å². The third kappa shape index (κ3) is 1.39. The zero-order valence-electron chi connectivity index (χ0n) is 6.94. The first kappa shape index (κ1) is 8.58. The lowest BCUT2D eigenvalue weighted by molar-refractivity contribution is 0.0832. The molecule has 1 aliphatic rings. The van der Waals surface area contributed by atoms with E-state index in [4.69, 9.17) is 0 Å². The zero-order valence-corrected chi connectivity index (χ0v) is 8.52. The van der Waals surface area contributed by atoms with Gasteiger partial charge in [-0.3, -0.25) is 0 Å². The highest BCUT2D eigenvalue weighted by atomic mass is 79.9. The third-order valence-corrected chi connectivity index (χ3v) is 3.84. The average Bonchev–Trinajstić information content (AvgIpc) is 1.89. The molecule has 0 aromatic carbocycles. The van der Waals surface area contributed by atoms with Crippen LogP contribution < -0.4 is 0 Å². The van der Waals surface area contributed by atoms with E-state index in [2.05, 4.69) is 29.8 Å². The van der Waals surface area contributed by atoms with E-state index < -0.39 is 0 Å². The van der Waals surface area contributed by atoms with E-state index in [0.29, 0.717) is 0 Å². The van der Waals surface area contributed by atoms with Crippen LogP contribution >= 0.6 is 15.9 Å². The van der Waals surface area contributed by atoms with Gasteiger partial charge >= 0.3 is 0 Å². The summed E-state index contributed by atoms with van der Waals surface area (Å²) in [5, 5.41) is 1.22. The summed E-state index contributed by atoms with van der Waals surface area (Å²) in [6, 6.07) is 0. The largest absolute Gasteiger partial charge is 0.0925 e. The Morgan fingerprint density at radius 2 is 1.90 bits per heavy atom. The molecule has 1 heteroatoms. The summed E-state index contributed by atoms with van der Waals surface area (Å²) in [6.07, 6.45) is 4.25. The minimum atomic E-state index is 0.995. The molecular formula is C9H17Br. The summed E-state index contributed by atoms with van der Waals surface area (Å²) < 4.78 is 0. The lowest BCUT2D eigenvalue weighted by atomic mass is 9.63. The number of hydrogen-bond acceptors (Lipinski definition) is 0. The predicted octanol–water partition coefficient (Wildman–Crippen LogP) is 3.45. The molecule has 0 radical (unpaired) electrons. The van der Waals surface area contributed by atoms with Gasteiger partial charge in [0.2, 0.25) is 0 Å².